The number of anilines is 1. The SMILES string of the molecule is Cn1c(COc2ccccc2Cl)nnc1SCC(=O)Nc1ccccc1[N+](=O)[O-]. The maximum absolute atomic E-state index is 12.2. The van der Waals surface area contributed by atoms with Crippen LogP contribution in [0.4, 0.5) is 11.4 Å². The number of halogens is 1. The number of carbonyl (C=O) groups is 1. The maximum atomic E-state index is 12.2. The van der Waals surface area contributed by atoms with Crippen LogP contribution in [-0.2, 0) is 18.4 Å². The van der Waals surface area contributed by atoms with Gasteiger partial charge in [0, 0.05) is 13.1 Å². The zero-order valence-electron chi connectivity index (χ0n) is 15.2. The van der Waals surface area contributed by atoms with E-state index in [-0.39, 0.29) is 29.6 Å². The van der Waals surface area contributed by atoms with Crippen LogP contribution >= 0.6 is 23.4 Å². The first kappa shape index (κ1) is 20.6. The number of nitro benzene ring substituents is 1. The van der Waals surface area contributed by atoms with Crippen LogP contribution in [0.3, 0.4) is 0 Å². The van der Waals surface area contributed by atoms with Gasteiger partial charge in [-0.3, -0.25) is 14.9 Å². The van der Waals surface area contributed by atoms with Gasteiger partial charge in [-0.05, 0) is 18.2 Å². The minimum absolute atomic E-state index is 0.0173. The first-order chi connectivity index (χ1) is 14.0. The van der Waals surface area contributed by atoms with E-state index in [1.807, 2.05) is 6.07 Å². The number of nitrogens with zero attached hydrogens (tertiary/aromatic N) is 4. The van der Waals surface area contributed by atoms with Crippen molar-refractivity contribution in [3.8, 4) is 5.75 Å². The van der Waals surface area contributed by atoms with E-state index < -0.39 is 4.92 Å². The van der Waals surface area contributed by atoms with Gasteiger partial charge in [-0.25, -0.2) is 0 Å². The van der Waals surface area contributed by atoms with Crippen molar-refractivity contribution in [2.45, 2.75) is 11.8 Å². The van der Waals surface area contributed by atoms with Crippen molar-refractivity contribution in [2.24, 2.45) is 7.05 Å². The molecule has 0 spiro atoms. The molecule has 2 aromatic carbocycles. The van der Waals surface area contributed by atoms with Gasteiger partial charge in [0.05, 0.1) is 15.7 Å². The Hall–Kier alpha value is -3.11. The number of para-hydroxylation sites is 3. The number of rotatable bonds is 8. The van der Waals surface area contributed by atoms with Gasteiger partial charge in [0.15, 0.2) is 11.0 Å². The van der Waals surface area contributed by atoms with Gasteiger partial charge in [-0.1, -0.05) is 47.6 Å². The minimum atomic E-state index is -0.545. The zero-order chi connectivity index (χ0) is 20.8. The maximum Gasteiger partial charge on any atom is 0.292 e. The first-order valence-corrected chi connectivity index (χ1v) is 9.73. The van der Waals surface area contributed by atoms with E-state index in [1.54, 1.807) is 35.9 Å². The lowest BCUT2D eigenvalue weighted by atomic mass is 10.2. The summed E-state index contributed by atoms with van der Waals surface area (Å²) < 4.78 is 7.36. The Kier molecular flexibility index (Phi) is 6.68. The topological polar surface area (TPSA) is 112 Å². The minimum Gasteiger partial charge on any atom is -0.484 e. The van der Waals surface area contributed by atoms with Crippen molar-refractivity contribution in [3.05, 3.63) is 69.5 Å². The molecule has 0 unspecified atom stereocenters. The summed E-state index contributed by atoms with van der Waals surface area (Å²) in [5.41, 5.74) is -0.0154. The lowest BCUT2D eigenvalue weighted by Crippen LogP contribution is -2.15. The van der Waals surface area contributed by atoms with Crippen molar-refractivity contribution >= 4 is 40.6 Å². The quantitative estimate of drug-likeness (QED) is 0.327. The zero-order valence-corrected chi connectivity index (χ0v) is 16.8. The normalized spacial score (nSPS) is 10.6. The van der Waals surface area contributed by atoms with Crippen LogP contribution in [0, 0.1) is 10.1 Å². The number of hydrogen-bond acceptors (Lipinski definition) is 7. The van der Waals surface area contributed by atoms with E-state index in [2.05, 4.69) is 15.5 Å². The number of nitro groups is 1. The molecule has 3 aromatic rings. The lowest BCUT2D eigenvalue weighted by molar-refractivity contribution is -0.383. The molecule has 0 aliphatic heterocycles. The number of nitrogens with one attached hydrogen (secondary N) is 1. The molecule has 0 saturated carbocycles. The fraction of sp³-hybridized carbons (Fsp3) is 0.167. The highest BCUT2D eigenvalue weighted by Gasteiger charge is 2.16. The molecule has 0 aliphatic carbocycles. The van der Waals surface area contributed by atoms with E-state index in [0.29, 0.717) is 21.8 Å². The molecule has 1 N–H and O–H groups in total. The second kappa shape index (κ2) is 9.39. The van der Waals surface area contributed by atoms with Gasteiger partial charge >= 0.3 is 0 Å². The van der Waals surface area contributed by atoms with E-state index >= 15 is 0 Å². The number of ether oxygens (including phenoxy) is 1. The largest absolute Gasteiger partial charge is 0.484 e. The summed E-state index contributed by atoms with van der Waals surface area (Å²) >= 11 is 7.22. The fourth-order valence-electron chi connectivity index (χ4n) is 2.36. The summed E-state index contributed by atoms with van der Waals surface area (Å²) in [6.07, 6.45) is 0. The van der Waals surface area contributed by atoms with Crippen LogP contribution in [-0.4, -0.2) is 31.3 Å². The molecule has 150 valence electrons. The molecule has 0 atom stereocenters. The van der Waals surface area contributed by atoms with Gasteiger partial charge in [-0.2, -0.15) is 0 Å². The van der Waals surface area contributed by atoms with Crippen molar-refractivity contribution < 1.29 is 14.5 Å². The molecule has 3 rings (SSSR count). The molecule has 0 saturated heterocycles. The van der Waals surface area contributed by atoms with Crippen LogP contribution in [0.5, 0.6) is 5.75 Å². The fourth-order valence-corrected chi connectivity index (χ4v) is 3.28. The molecule has 9 nitrogen and oxygen atoms in total. The highest BCUT2D eigenvalue weighted by molar-refractivity contribution is 7.99. The Morgan fingerprint density at radius 3 is 2.72 bits per heavy atom. The van der Waals surface area contributed by atoms with Gasteiger partial charge < -0.3 is 14.6 Å². The third-order valence-corrected chi connectivity index (χ3v) is 5.16. The molecule has 1 heterocycles. The van der Waals surface area contributed by atoms with Gasteiger partial charge in [-0.15, -0.1) is 10.2 Å². The molecule has 0 aliphatic rings. The molecule has 1 aromatic heterocycles. The van der Waals surface area contributed by atoms with Gasteiger partial charge in [0.1, 0.15) is 18.0 Å². The number of aromatic nitrogens is 3. The number of hydrogen-bond donors (Lipinski definition) is 1. The first-order valence-electron chi connectivity index (χ1n) is 8.37. The second-order valence-electron chi connectivity index (χ2n) is 5.79. The molecule has 0 bridgehead atoms. The summed E-state index contributed by atoms with van der Waals surface area (Å²) in [5.74, 6) is 0.728. The van der Waals surface area contributed by atoms with Crippen LogP contribution < -0.4 is 10.1 Å². The Morgan fingerprint density at radius 2 is 1.97 bits per heavy atom. The summed E-state index contributed by atoms with van der Waals surface area (Å²) in [5, 5.41) is 22.7. The second-order valence-corrected chi connectivity index (χ2v) is 7.14. The van der Waals surface area contributed by atoms with E-state index in [4.69, 9.17) is 16.3 Å². The molecule has 1 amide bonds. The van der Waals surface area contributed by atoms with Crippen molar-refractivity contribution in [1.82, 2.24) is 14.8 Å². The standard InChI is InChI=1S/C18H16ClN5O4S/c1-23-16(10-28-15-9-5-2-6-12(15)19)21-22-18(23)29-11-17(25)20-13-7-3-4-8-14(13)24(26)27/h2-9H,10-11H2,1H3,(H,20,25). The molecule has 29 heavy (non-hydrogen) atoms. The van der Waals surface area contributed by atoms with Crippen LogP contribution in [0.15, 0.2) is 53.7 Å². The summed E-state index contributed by atoms with van der Waals surface area (Å²) in [6.45, 7) is 0.163. The smallest absolute Gasteiger partial charge is 0.292 e. The summed E-state index contributed by atoms with van der Waals surface area (Å²) in [4.78, 5) is 22.7. The van der Waals surface area contributed by atoms with Crippen molar-refractivity contribution in [3.63, 3.8) is 0 Å². The van der Waals surface area contributed by atoms with Crippen LogP contribution in [0.2, 0.25) is 5.02 Å². The van der Waals surface area contributed by atoms with Crippen molar-refractivity contribution in [1.29, 1.82) is 0 Å². The Bertz CT molecular complexity index is 1040. The highest BCUT2D eigenvalue weighted by atomic mass is 35.5. The Balaban J connectivity index is 1.57. The third-order valence-electron chi connectivity index (χ3n) is 3.83. The number of thioether (sulfide) groups is 1. The number of carbonyl (C=O) groups excluding carboxylic acids is 1. The average Bonchev–Trinajstić information content (AvgIpc) is 3.05. The number of amides is 1. The van der Waals surface area contributed by atoms with E-state index in [9.17, 15) is 14.9 Å². The average molecular weight is 434 g/mol. The van der Waals surface area contributed by atoms with E-state index in [1.165, 1.54) is 18.2 Å². The van der Waals surface area contributed by atoms with Crippen LogP contribution in [0.1, 0.15) is 5.82 Å². The van der Waals surface area contributed by atoms with Gasteiger partial charge in [0.25, 0.3) is 5.69 Å². The van der Waals surface area contributed by atoms with Gasteiger partial charge in [0.2, 0.25) is 5.91 Å². The van der Waals surface area contributed by atoms with Crippen LogP contribution in [0.25, 0.3) is 0 Å². The summed E-state index contributed by atoms with van der Waals surface area (Å²) in [6, 6.07) is 13.1. The van der Waals surface area contributed by atoms with Crippen molar-refractivity contribution in [2.75, 3.05) is 11.1 Å². The van der Waals surface area contributed by atoms with E-state index in [0.717, 1.165) is 11.8 Å². The molecule has 11 heteroatoms. The summed E-state index contributed by atoms with van der Waals surface area (Å²) in [7, 11) is 1.76. The Labute approximate surface area is 175 Å². The third kappa shape index (κ3) is 5.24. The monoisotopic (exact) mass is 433 g/mol. The predicted octanol–water partition coefficient (Wildman–Crippen LogP) is 3.69. The molecule has 0 radical (unpaired) electrons. The molecular formula is C18H16ClN5O4S. The lowest BCUT2D eigenvalue weighted by Gasteiger charge is -2.08. The molecule has 0 fully saturated rings. The number of benzene rings is 2. The predicted molar refractivity (Wildman–Crippen MR) is 109 cm³/mol. The Morgan fingerprint density at radius 1 is 1.24 bits per heavy atom. The molecular weight excluding hydrogens is 418 g/mol. The highest BCUT2D eigenvalue weighted by Crippen LogP contribution is 2.25.